The number of anilines is 1. The van der Waals surface area contributed by atoms with Gasteiger partial charge < -0.3 is 19.8 Å². The first-order valence-electron chi connectivity index (χ1n) is 13.8. The van der Waals surface area contributed by atoms with E-state index < -0.39 is 29.1 Å². The molecule has 2 aliphatic rings. The molecule has 2 amide bonds. The van der Waals surface area contributed by atoms with Crippen LogP contribution in [0.2, 0.25) is 5.02 Å². The number of alkyl halides is 3. The van der Waals surface area contributed by atoms with Crippen molar-refractivity contribution in [1.29, 1.82) is 0 Å². The monoisotopic (exact) mass is 597 g/mol. The van der Waals surface area contributed by atoms with Gasteiger partial charge in [0.15, 0.2) is 0 Å². The van der Waals surface area contributed by atoms with Crippen LogP contribution < -0.4 is 4.90 Å². The Bertz CT molecular complexity index is 1250. The smallest absolute Gasteiger partial charge is 0.372 e. The number of amides is 2. The fourth-order valence-electron chi connectivity index (χ4n) is 6.00. The molecule has 2 heterocycles. The van der Waals surface area contributed by atoms with Gasteiger partial charge in [0, 0.05) is 62.1 Å². The Hall–Kier alpha value is -2.85. The second kappa shape index (κ2) is 12.2. The van der Waals surface area contributed by atoms with Crippen LogP contribution in [0.25, 0.3) is 0 Å². The molecule has 224 valence electrons. The minimum absolute atomic E-state index is 0.0260. The summed E-state index contributed by atoms with van der Waals surface area (Å²) in [4.78, 5) is 30.3. The molecule has 0 saturated carbocycles. The van der Waals surface area contributed by atoms with Gasteiger partial charge >= 0.3 is 6.18 Å². The number of rotatable bonds is 6. The average molecular weight is 598 g/mol. The molecular formula is C30H36ClF4N3O3. The second-order valence-electron chi connectivity index (χ2n) is 11.5. The lowest BCUT2D eigenvalue weighted by Crippen LogP contribution is -2.57. The van der Waals surface area contributed by atoms with E-state index in [1.165, 1.54) is 0 Å². The van der Waals surface area contributed by atoms with Gasteiger partial charge in [-0.25, -0.2) is 4.39 Å². The molecule has 0 radical (unpaired) electrons. The first-order chi connectivity index (χ1) is 19.2. The van der Waals surface area contributed by atoms with Crippen molar-refractivity contribution in [3.8, 4) is 0 Å². The van der Waals surface area contributed by atoms with Gasteiger partial charge in [-0.05, 0) is 92.8 Å². The molecule has 4 rings (SSSR count). The van der Waals surface area contributed by atoms with Crippen LogP contribution in [-0.2, 0) is 10.4 Å². The normalized spacial score (nSPS) is 18.8. The maximum atomic E-state index is 14.0. The van der Waals surface area contributed by atoms with Crippen LogP contribution in [0.3, 0.4) is 0 Å². The summed E-state index contributed by atoms with van der Waals surface area (Å²) in [6.07, 6.45) is -1.41. The lowest BCUT2D eigenvalue weighted by atomic mass is 9.82. The standard InChI is InChI=1S/C30H36ClF4N3O3/c1-19-14-25(4-5-26(19)27(39)36(2)3)37-10-6-20(7-11-37)15-21-8-12-38(13-9-21)28(40)29(41,30(33,34)35)22-16-23(31)18-24(32)17-22/h4-5,14,16-18,20-21,41H,6-13,15H2,1-3H3. The maximum absolute atomic E-state index is 14.0. The van der Waals surface area contributed by atoms with Crippen molar-refractivity contribution >= 4 is 29.1 Å². The molecule has 1 unspecified atom stereocenters. The quantitative estimate of drug-likeness (QED) is 0.429. The van der Waals surface area contributed by atoms with Crippen LogP contribution in [-0.4, -0.2) is 73.2 Å². The predicted molar refractivity (Wildman–Crippen MR) is 149 cm³/mol. The zero-order valence-electron chi connectivity index (χ0n) is 23.5. The van der Waals surface area contributed by atoms with Gasteiger partial charge in [-0.15, -0.1) is 0 Å². The molecule has 11 heteroatoms. The second-order valence-corrected chi connectivity index (χ2v) is 11.9. The average Bonchev–Trinajstić information content (AvgIpc) is 2.91. The number of benzene rings is 2. The van der Waals surface area contributed by atoms with E-state index in [2.05, 4.69) is 4.90 Å². The zero-order chi connectivity index (χ0) is 30.1. The Balaban J connectivity index is 1.32. The van der Waals surface area contributed by atoms with E-state index in [9.17, 15) is 32.3 Å². The molecule has 2 aromatic carbocycles. The first kappa shape index (κ1) is 31.1. The van der Waals surface area contributed by atoms with E-state index in [4.69, 9.17) is 11.6 Å². The Morgan fingerprint density at radius 1 is 0.976 bits per heavy atom. The SMILES string of the molecule is Cc1cc(N2CCC(CC3CCN(C(=O)C(O)(c4cc(F)cc(Cl)c4)C(F)(F)F)CC3)CC2)ccc1C(=O)N(C)C. The van der Waals surface area contributed by atoms with E-state index >= 15 is 0 Å². The number of aliphatic hydroxyl groups is 1. The molecule has 0 aliphatic carbocycles. The highest BCUT2D eigenvalue weighted by Crippen LogP contribution is 2.42. The molecule has 2 saturated heterocycles. The largest absolute Gasteiger partial charge is 0.430 e. The third kappa shape index (κ3) is 6.64. The molecular weight excluding hydrogens is 562 g/mol. The van der Waals surface area contributed by atoms with Crippen LogP contribution in [0.15, 0.2) is 36.4 Å². The number of aryl methyl sites for hydroxylation is 1. The van der Waals surface area contributed by atoms with Gasteiger partial charge in [-0.2, -0.15) is 13.2 Å². The third-order valence-corrected chi connectivity index (χ3v) is 8.61. The van der Waals surface area contributed by atoms with Crippen LogP contribution in [0, 0.1) is 24.6 Å². The summed E-state index contributed by atoms with van der Waals surface area (Å²) in [6.45, 7) is 3.85. The van der Waals surface area contributed by atoms with Crippen LogP contribution in [0.1, 0.15) is 53.6 Å². The minimum Gasteiger partial charge on any atom is -0.372 e. The Morgan fingerprint density at radius 2 is 1.56 bits per heavy atom. The molecule has 0 spiro atoms. The molecule has 2 fully saturated rings. The van der Waals surface area contributed by atoms with Crippen LogP contribution >= 0.6 is 11.6 Å². The van der Waals surface area contributed by atoms with Crippen molar-refractivity contribution in [2.75, 3.05) is 45.2 Å². The molecule has 1 atom stereocenters. The van der Waals surface area contributed by atoms with E-state index in [-0.39, 0.29) is 29.9 Å². The molecule has 0 bridgehead atoms. The highest BCUT2D eigenvalue weighted by atomic mass is 35.5. The van der Waals surface area contributed by atoms with E-state index in [0.717, 1.165) is 60.6 Å². The molecule has 0 aromatic heterocycles. The van der Waals surface area contributed by atoms with Crippen molar-refractivity contribution in [2.24, 2.45) is 11.8 Å². The third-order valence-electron chi connectivity index (χ3n) is 8.39. The van der Waals surface area contributed by atoms with Crippen molar-refractivity contribution in [1.82, 2.24) is 9.80 Å². The Kier molecular flexibility index (Phi) is 9.23. The van der Waals surface area contributed by atoms with Crippen molar-refractivity contribution in [3.05, 3.63) is 63.9 Å². The topological polar surface area (TPSA) is 64.1 Å². The highest BCUT2D eigenvalue weighted by molar-refractivity contribution is 6.30. The number of nitrogens with zero attached hydrogens (tertiary/aromatic N) is 3. The number of piperidine rings is 2. The summed E-state index contributed by atoms with van der Waals surface area (Å²) in [5.74, 6) is -1.87. The number of carbonyl (C=O) groups excluding carboxylic acids is 2. The number of hydrogen-bond donors (Lipinski definition) is 1. The maximum Gasteiger partial charge on any atom is 0.430 e. The van der Waals surface area contributed by atoms with E-state index in [1.54, 1.807) is 19.0 Å². The summed E-state index contributed by atoms with van der Waals surface area (Å²) >= 11 is 5.73. The Labute approximate surface area is 242 Å². The van der Waals surface area contributed by atoms with Gasteiger partial charge in [-0.1, -0.05) is 11.6 Å². The van der Waals surface area contributed by atoms with E-state index in [1.807, 2.05) is 25.1 Å². The fourth-order valence-corrected chi connectivity index (χ4v) is 6.22. The molecule has 2 aromatic rings. The molecule has 2 aliphatic heterocycles. The molecule has 41 heavy (non-hydrogen) atoms. The predicted octanol–water partition coefficient (Wildman–Crippen LogP) is 5.78. The van der Waals surface area contributed by atoms with Gasteiger partial charge in [0.05, 0.1) is 0 Å². The summed E-state index contributed by atoms with van der Waals surface area (Å²) in [5.41, 5.74) is -2.11. The van der Waals surface area contributed by atoms with Gasteiger partial charge in [0.2, 0.25) is 0 Å². The summed E-state index contributed by atoms with van der Waals surface area (Å²) in [7, 11) is 3.46. The fraction of sp³-hybridized carbons (Fsp3) is 0.533. The number of halogens is 5. The Morgan fingerprint density at radius 3 is 2.07 bits per heavy atom. The van der Waals surface area contributed by atoms with Crippen molar-refractivity contribution in [2.45, 2.75) is 50.8 Å². The van der Waals surface area contributed by atoms with Gasteiger partial charge in [0.1, 0.15) is 5.82 Å². The summed E-state index contributed by atoms with van der Waals surface area (Å²) in [5, 5.41) is 10.3. The van der Waals surface area contributed by atoms with Crippen molar-refractivity contribution in [3.63, 3.8) is 0 Å². The van der Waals surface area contributed by atoms with Gasteiger partial charge in [-0.3, -0.25) is 9.59 Å². The minimum atomic E-state index is -5.35. The van der Waals surface area contributed by atoms with Gasteiger partial charge in [0.25, 0.3) is 17.4 Å². The molecule has 6 nitrogen and oxygen atoms in total. The lowest BCUT2D eigenvalue weighted by Gasteiger charge is -2.40. The first-order valence-corrected chi connectivity index (χ1v) is 14.2. The summed E-state index contributed by atoms with van der Waals surface area (Å²) < 4.78 is 55.9. The summed E-state index contributed by atoms with van der Waals surface area (Å²) in [6, 6.07) is 7.98. The zero-order valence-corrected chi connectivity index (χ0v) is 24.2. The number of likely N-dealkylation sites (tertiary alicyclic amines) is 1. The van der Waals surface area contributed by atoms with E-state index in [0.29, 0.717) is 30.4 Å². The number of hydrogen-bond acceptors (Lipinski definition) is 4. The van der Waals surface area contributed by atoms with Crippen molar-refractivity contribution < 1.29 is 32.3 Å². The lowest BCUT2D eigenvalue weighted by molar-refractivity contribution is -0.262. The van der Waals surface area contributed by atoms with Crippen LogP contribution in [0.5, 0.6) is 0 Å². The number of carbonyl (C=O) groups is 2. The van der Waals surface area contributed by atoms with Crippen LogP contribution in [0.4, 0.5) is 23.2 Å². The highest BCUT2D eigenvalue weighted by Gasteiger charge is 2.62. The molecule has 1 N–H and O–H groups in total.